The van der Waals surface area contributed by atoms with Crippen molar-refractivity contribution in [2.75, 3.05) is 37.2 Å². The fourth-order valence-corrected chi connectivity index (χ4v) is 3.03. The summed E-state index contributed by atoms with van der Waals surface area (Å²) in [5, 5.41) is 0. The van der Waals surface area contributed by atoms with E-state index >= 15 is 0 Å². The van der Waals surface area contributed by atoms with Crippen molar-refractivity contribution in [1.29, 1.82) is 0 Å². The summed E-state index contributed by atoms with van der Waals surface area (Å²) in [6.07, 6.45) is 3.98. The molecule has 2 rings (SSSR count). The number of hydrogen-bond acceptors (Lipinski definition) is 6. The summed E-state index contributed by atoms with van der Waals surface area (Å²) in [4.78, 5) is 2.02. The Morgan fingerprint density at radius 2 is 1.73 bits per heavy atom. The van der Waals surface area contributed by atoms with Gasteiger partial charge in [-0.05, 0) is 42.8 Å². The van der Waals surface area contributed by atoms with Crippen molar-refractivity contribution in [3.8, 4) is 11.5 Å². The smallest absolute Gasteiger partial charge is 0.143 e. The minimum Gasteiger partial charge on any atom is -0.490 e. The fraction of sp³-hybridized carbons (Fsp3) is 0.250. The number of hydrogen-bond donors (Lipinski definition) is 2. The number of nitrogens with two attached hydrogens (primary N) is 2. The summed E-state index contributed by atoms with van der Waals surface area (Å²) in [6.45, 7) is 0.877. The third-order valence-corrected chi connectivity index (χ3v) is 4.63. The van der Waals surface area contributed by atoms with E-state index in [-0.39, 0.29) is 0 Å². The molecule has 4 N–H and O–H groups in total. The van der Waals surface area contributed by atoms with Crippen LogP contribution in [0.2, 0.25) is 0 Å². The van der Waals surface area contributed by atoms with Gasteiger partial charge >= 0.3 is 0 Å². The third kappa shape index (κ3) is 4.18. The Hall–Kier alpha value is -1.66. The van der Waals surface area contributed by atoms with Crippen molar-refractivity contribution in [3.63, 3.8) is 0 Å². The van der Waals surface area contributed by atoms with Crippen LogP contribution in [0, 0.1) is 0 Å². The molecule has 6 heteroatoms. The zero-order valence-electron chi connectivity index (χ0n) is 12.7. The van der Waals surface area contributed by atoms with E-state index in [1.54, 1.807) is 23.9 Å². The lowest BCUT2D eigenvalue weighted by molar-refractivity contribution is 0.217. The molecule has 4 nitrogen and oxygen atoms in total. The first kappa shape index (κ1) is 16.7. The van der Waals surface area contributed by atoms with E-state index in [9.17, 15) is 0 Å². The van der Waals surface area contributed by atoms with Gasteiger partial charge < -0.3 is 20.9 Å². The molecule has 0 unspecified atom stereocenters. The van der Waals surface area contributed by atoms with E-state index < -0.39 is 0 Å². The summed E-state index contributed by atoms with van der Waals surface area (Å²) >= 11 is 3.20. The van der Waals surface area contributed by atoms with Crippen LogP contribution in [0.15, 0.2) is 46.2 Å². The van der Waals surface area contributed by atoms with Crippen LogP contribution in [-0.2, 0) is 0 Å². The molecule has 2 aromatic carbocycles. The van der Waals surface area contributed by atoms with Crippen LogP contribution in [0.5, 0.6) is 11.5 Å². The van der Waals surface area contributed by atoms with Crippen molar-refractivity contribution < 1.29 is 9.47 Å². The van der Waals surface area contributed by atoms with Gasteiger partial charge in [0.1, 0.15) is 24.7 Å². The van der Waals surface area contributed by atoms with Gasteiger partial charge in [0, 0.05) is 10.6 Å². The first-order chi connectivity index (χ1) is 10.7. The van der Waals surface area contributed by atoms with Crippen LogP contribution in [0.3, 0.4) is 0 Å². The van der Waals surface area contributed by atoms with E-state index in [4.69, 9.17) is 20.9 Å². The van der Waals surface area contributed by atoms with Gasteiger partial charge in [-0.25, -0.2) is 0 Å². The second-order valence-corrected chi connectivity index (χ2v) is 6.17. The van der Waals surface area contributed by atoms with Gasteiger partial charge in [-0.15, -0.1) is 23.5 Å². The minimum absolute atomic E-state index is 0.422. The highest BCUT2D eigenvalue weighted by Gasteiger charge is 2.09. The molecule has 0 heterocycles. The molecule has 0 atom stereocenters. The third-order valence-electron chi connectivity index (χ3n) is 3.04. The minimum atomic E-state index is 0.422. The second-order valence-electron chi connectivity index (χ2n) is 4.48. The highest BCUT2D eigenvalue weighted by Crippen LogP contribution is 2.36. The van der Waals surface area contributed by atoms with Gasteiger partial charge in [-0.2, -0.15) is 0 Å². The fourth-order valence-electron chi connectivity index (χ4n) is 1.95. The first-order valence-electron chi connectivity index (χ1n) is 6.77. The van der Waals surface area contributed by atoms with E-state index in [0.29, 0.717) is 30.3 Å². The Labute approximate surface area is 139 Å². The van der Waals surface area contributed by atoms with Gasteiger partial charge in [0.15, 0.2) is 0 Å². The van der Waals surface area contributed by atoms with E-state index in [2.05, 4.69) is 0 Å². The molecule has 0 spiro atoms. The predicted molar refractivity (Wildman–Crippen MR) is 96.3 cm³/mol. The lowest BCUT2D eigenvalue weighted by Gasteiger charge is -2.13. The van der Waals surface area contributed by atoms with E-state index in [0.717, 1.165) is 10.6 Å². The van der Waals surface area contributed by atoms with Crippen molar-refractivity contribution in [2.24, 2.45) is 0 Å². The first-order valence-corrected chi connectivity index (χ1v) is 9.22. The number of rotatable bonds is 7. The quantitative estimate of drug-likeness (QED) is 0.456. The van der Waals surface area contributed by atoms with Crippen LogP contribution in [0.4, 0.5) is 11.4 Å². The van der Waals surface area contributed by atoms with Crippen molar-refractivity contribution in [2.45, 2.75) is 9.79 Å². The molecule has 118 valence electrons. The number of nitrogen functional groups attached to an aromatic ring is 2. The summed E-state index contributed by atoms with van der Waals surface area (Å²) < 4.78 is 11.4. The molecule has 0 aliphatic heterocycles. The number of anilines is 2. The molecule has 0 aliphatic rings. The molecule has 0 fully saturated rings. The molecule has 0 saturated carbocycles. The summed E-state index contributed by atoms with van der Waals surface area (Å²) in [7, 11) is 0. The van der Waals surface area contributed by atoms with Crippen LogP contribution in [0.1, 0.15) is 0 Å². The van der Waals surface area contributed by atoms with Gasteiger partial charge in [-0.3, -0.25) is 0 Å². The molecule has 0 bridgehead atoms. The van der Waals surface area contributed by atoms with Gasteiger partial charge in [0.25, 0.3) is 0 Å². The highest BCUT2D eigenvalue weighted by atomic mass is 32.2. The molecule has 0 saturated heterocycles. The van der Waals surface area contributed by atoms with Crippen molar-refractivity contribution in [3.05, 3.63) is 36.4 Å². The zero-order chi connectivity index (χ0) is 15.9. The average molecular weight is 336 g/mol. The maximum Gasteiger partial charge on any atom is 0.143 e. The monoisotopic (exact) mass is 336 g/mol. The van der Waals surface area contributed by atoms with Crippen LogP contribution < -0.4 is 20.9 Å². The Morgan fingerprint density at radius 3 is 2.45 bits per heavy atom. The molecule has 0 radical (unpaired) electrons. The Bertz CT molecular complexity index is 636. The van der Waals surface area contributed by atoms with Crippen LogP contribution in [-0.4, -0.2) is 25.7 Å². The summed E-state index contributed by atoms with van der Waals surface area (Å²) in [6, 6.07) is 11.6. The number of ether oxygens (including phenoxy) is 2. The van der Waals surface area contributed by atoms with Crippen molar-refractivity contribution in [1.82, 2.24) is 0 Å². The Kier molecular flexibility index (Phi) is 6.15. The lowest BCUT2D eigenvalue weighted by atomic mass is 10.2. The SMILES string of the molecule is CSc1cccc(OCCOc2ccc(N)c(SC)c2N)c1. The Balaban J connectivity index is 1.89. The molecule has 0 amide bonds. The molecule has 22 heavy (non-hydrogen) atoms. The predicted octanol–water partition coefficient (Wildman–Crippen LogP) is 3.75. The summed E-state index contributed by atoms with van der Waals surface area (Å²) in [5.74, 6) is 1.48. The van der Waals surface area contributed by atoms with Crippen LogP contribution in [0.25, 0.3) is 0 Å². The second kappa shape index (κ2) is 8.10. The van der Waals surface area contributed by atoms with Gasteiger partial charge in [-0.1, -0.05) is 6.07 Å². The molecule has 0 aromatic heterocycles. The largest absolute Gasteiger partial charge is 0.490 e. The normalized spacial score (nSPS) is 10.5. The molecule has 2 aromatic rings. The van der Waals surface area contributed by atoms with E-state index in [1.807, 2.05) is 36.8 Å². The van der Waals surface area contributed by atoms with E-state index in [1.165, 1.54) is 16.7 Å². The molecule has 0 aliphatic carbocycles. The topological polar surface area (TPSA) is 70.5 Å². The van der Waals surface area contributed by atoms with Gasteiger partial charge in [0.2, 0.25) is 0 Å². The molecular weight excluding hydrogens is 316 g/mol. The maximum atomic E-state index is 6.06. The maximum absolute atomic E-state index is 6.06. The standard InChI is InChI=1S/C16H20N2O2S2/c1-21-12-5-3-4-11(10-12)19-8-9-20-14-7-6-13(17)16(22-2)15(14)18/h3-7,10H,8-9,17-18H2,1-2H3. The number of benzene rings is 2. The zero-order valence-corrected chi connectivity index (χ0v) is 14.3. The number of thioether (sulfide) groups is 2. The molecular formula is C16H20N2O2S2. The van der Waals surface area contributed by atoms with Gasteiger partial charge in [0.05, 0.1) is 10.6 Å². The Morgan fingerprint density at radius 1 is 0.955 bits per heavy atom. The summed E-state index contributed by atoms with van der Waals surface area (Å²) in [5.41, 5.74) is 13.2. The lowest BCUT2D eigenvalue weighted by Crippen LogP contribution is -2.10. The highest BCUT2D eigenvalue weighted by molar-refractivity contribution is 7.99. The average Bonchev–Trinajstić information content (AvgIpc) is 2.54. The van der Waals surface area contributed by atoms with Crippen LogP contribution >= 0.6 is 23.5 Å². The van der Waals surface area contributed by atoms with Crippen molar-refractivity contribution >= 4 is 34.9 Å².